The van der Waals surface area contributed by atoms with Crippen LogP contribution in [0, 0.1) is 6.92 Å². The van der Waals surface area contributed by atoms with Gasteiger partial charge in [0.2, 0.25) is 8.87 Å². The highest BCUT2D eigenvalue weighted by Gasteiger charge is 2.21. The van der Waals surface area contributed by atoms with Gasteiger partial charge in [0.25, 0.3) is 0 Å². The smallest absolute Gasteiger partial charge is 0.335 e. The lowest BCUT2D eigenvalue weighted by atomic mass is 10.1. The van der Waals surface area contributed by atoms with E-state index in [4.69, 9.17) is 10.2 Å². The van der Waals surface area contributed by atoms with E-state index in [1.807, 2.05) is 13.0 Å². The summed E-state index contributed by atoms with van der Waals surface area (Å²) in [5.41, 5.74) is 0.0809. The van der Waals surface area contributed by atoms with Crippen molar-refractivity contribution in [2.45, 2.75) is 16.7 Å². The molecule has 0 spiro atoms. The maximum Gasteiger partial charge on any atom is 0.335 e. The summed E-state index contributed by atoms with van der Waals surface area (Å²) in [6.07, 6.45) is 0. The molecule has 0 aliphatic carbocycles. The third-order valence-electron chi connectivity index (χ3n) is 2.88. The van der Waals surface area contributed by atoms with Crippen molar-refractivity contribution < 1.29 is 28.2 Å². The highest BCUT2D eigenvalue weighted by molar-refractivity contribution is 8.72. The van der Waals surface area contributed by atoms with E-state index in [2.05, 4.69) is 0 Å². The van der Waals surface area contributed by atoms with E-state index in [1.54, 1.807) is 18.2 Å². The van der Waals surface area contributed by atoms with Crippen molar-refractivity contribution in [1.82, 2.24) is 0 Å². The van der Waals surface area contributed by atoms with Gasteiger partial charge in [-0.3, -0.25) is 0 Å². The molecule has 0 fully saturated rings. The number of carbonyl (C=O) groups is 2. The molecule has 0 amide bonds. The van der Waals surface area contributed by atoms with E-state index >= 15 is 0 Å². The molecule has 0 aliphatic heterocycles. The van der Waals surface area contributed by atoms with Crippen molar-refractivity contribution in [3.8, 4) is 0 Å². The molecule has 0 saturated heterocycles. The summed E-state index contributed by atoms with van der Waals surface area (Å²) in [5, 5.41) is 18.0. The standard InChI is InChI=1S/C15H12O6S2/c1-9-3-2-4-12(5-9)22-23(20,21)13-7-10(14(16)17)6-11(8-13)15(18)19/h2-8H,1H3,(H,16,17)(H,18,19). The van der Waals surface area contributed by atoms with Gasteiger partial charge in [-0.2, -0.15) is 0 Å². The summed E-state index contributed by atoms with van der Waals surface area (Å²) < 4.78 is 24.9. The minimum atomic E-state index is -3.95. The van der Waals surface area contributed by atoms with Gasteiger partial charge in [-0.25, -0.2) is 18.0 Å². The molecule has 0 heterocycles. The SMILES string of the molecule is Cc1cccc(SS(=O)(=O)c2cc(C(=O)O)cc(C(=O)O)c2)c1. The summed E-state index contributed by atoms with van der Waals surface area (Å²) in [4.78, 5) is 22.2. The molecular formula is C15H12O6S2. The van der Waals surface area contributed by atoms with Crippen LogP contribution >= 0.6 is 10.8 Å². The van der Waals surface area contributed by atoms with Crippen molar-refractivity contribution in [3.63, 3.8) is 0 Å². The van der Waals surface area contributed by atoms with Crippen LogP contribution in [-0.2, 0) is 8.87 Å². The molecule has 0 saturated carbocycles. The highest BCUT2D eigenvalue weighted by atomic mass is 33.1. The molecule has 0 atom stereocenters. The number of hydrogen-bond acceptors (Lipinski definition) is 5. The average molecular weight is 352 g/mol. The van der Waals surface area contributed by atoms with Crippen molar-refractivity contribution in [2.24, 2.45) is 0 Å². The molecule has 0 unspecified atom stereocenters. The normalized spacial score (nSPS) is 11.2. The van der Waals surface area contributed by atoms with Gasteiger partial charge in [-0.15, -0.1) is 0 Å². The minimum absolute atomic E-state index is 0.360. The second-order valence-electron chi connectivity index (χ2n) is 4.71. The molecule has 2 N–H and O–H groups in total. The van der Waals surface area contributed by atoms with E-state index < -0.39 is 31.9 Å². The van der Waals surface area contributed by atoms with Crippen molar-refractivity contribution in [2.75, 3.05) is 0 Å². The van der Waals surface area contributed by atoms with Crippen LogP contribution in [-0.4, -0.2) is 30.6 Å². The fourth-order valence-corrected chi connectivity index (χ4v) is 4.74. The Morgan fingerprint density at radius 2 is 1.52 bits per heavy atom. The Labute approximate surface area is 136 Å². The van der Waals surface area contributed by atoms with Crippen LogP contribution in [0.15, 0.2) is 52.3 Å². The first-order chi connectivity index (χ1) is 10.7. The number of rotatable bonds is 5. The van der Waals surface area contributed by atoms with Gasteiger partial charge in [0, 0.05) is 15.7 Å². The summed E-state index contributed by atoms with van der Waals surface area (Å²) in [7, 11) is -3.41. The third kappa shape index (κ3) is 4.11. The van der Waals surface area contributed by atoms with Gasteiger partial charge in [0.15, 0.2) is 0 Å². The molecule has 0 radical (unpaired) electrons. The molecule has 2 aromatic rings. The van der Waals surface area contributed by atoms with Crippen LogP contribution in [0.3, 0.4) is 0 Å². The van der Waals surface area contributed by atoms with Crippen molar-refractivity contribution in [3.05, 3.63) is 59.2 Å². The van der Waals surface area contributed by atoms with E-state index in [-0.39, 0.29) is 4.90 Å². The second-order valence-corrected chi connectivity index (χ2v) is 8.54. The first-order valence-electron chi connectivity index (χ1n) is 6.32. The zero-order valence-electron chi connectivity index (χ0n) is 11.9. The maximum atomic E-state index is 12.4. The lowest BCUT2D eigenvalue weighted by Crippen LogP contribution is -2.06. The molecule has 8 heteroatoms. The van der Waals surface area contributed by atoms with Gasteiger partial charge in [0.05, 0.1) is 16.0 Å². The summed E-state index contributed by atoms with van der Waals surface area (Å²) >= 11 is 0. The number of benzene rings is 2. The van der Waals surface area contributed by atoms with Gasteiger partial charge < -0.3 is 10.2 Å². The Morgan fingerprint density at radius 1 is 0.957 bits per heavy atom. The molecule has 6 nitrogen and oxygen atoms in total. The van der Waals surface area contributed by atoms with Crippen LogP contribution in [0.4, 0.5) is 0 Å². The predicted molar refractivity (Wildman–Crippen MR) is 84.6 cm³/mol. The molecule has 0 aromatic heterocycles. The number of hydrogen-bond donors (Lipinski definition) is 2. The molecule has 0 aliphatic rings. The van der Waals surface area contributed by atoms with Crippen LogP contribution < -0.4 is 0 Å². The highest BCUT2D eigenvalue weighted by Crippen LogP contribution is 2.32. The Bertz CT molecular complexity index is 854. The number of carboxylic acids is 2. The van der Waals surface area contributed by atoms with Crippen LogP contribution in [0.2, 0.25) is 0 Å². The molecule has 120 valence electrons. The minimum Gasteiger partial charge on any atom is -0.478 e. The molecule has 2 rings (SSSR count). The summed E-state index contributed by atoms with van der Waals surface area (Å²) in [6.45, 7) is 1.81. The second kappa shape index (κ2) is 6.43. The van der Waals surface area contributed by atoms with E-state index in [9.17, 15) is 18.0 Å². The van der Waals surface area contributed by atoms with E-state index in [1.165, 1.54) is 0 Å². The van der Waals surface area contributed by atoms with Gasteiger partial charge in [-0.05, 0) is 42.8 Å². The first kappa shape index (κ1) is 17.0. The Hall–Kier alpha value is -2.32. The quantitative estimate of drug-likeness (QED) is 0.796. The zero-order chi connectivity index (χ0) is 17.2. The number of aromatic carboxylic acids is 2. The predicted octanol–water partition coefficient (Wildman–Crippen LogP) is 2.87. The van der Waals surface area contributed by atoms with Crippen molar-refractivity contribution >= 4 is 31.6 Å². The lowest BCUT2D eigenvalue weighted by molar-refractivity contribution is 0.0696. The monoisotopic (exact) mass is 352 g/mol. The molecular weight excluding hydrogens is 340 g/mol. The topological polar surface area (TPSA) is 109 Å². The Balaban J connectivity index is 2.50. The zero-order valence-corrected chi connectivity index (χ0v) is 13.5. The van der Waals surface area contributed by atoms with Crippen LogP contribution in [0.25, 0.3) is 0 Å². The summed E-state index contributed by atoms with van der Waals surface area (Å²) in [5.74, 6) is -2.80. The maximum absolute atomic E-state index is 12.4. The van der Waals surface area contributed by atoms with E-state index in [0.717, 1.165) is 23.8 Å². The third-order valence-corrected chi connectivity index (χ3v) is 6.18. The number of carboxylic acid groups (broad SMARTS) is 2. The fourth-order valence-electron chi connectivity index (χ4n) is 1.83. The molecule has 0 bridgehead atoms. The van der Waals surface area contributed by atoms with Crippen LogP contribution in [0.5, 0.6) is 0 Å². The van der Waals surface area contributed by atoms with E-state index in [0.29, 0.717) is 15.7 Å². The molecule has 23 heavy (non-hydrogen) atoms. The Morgan fingerprint density at radius 3 is 2.00 bits per heavy atom. The fraction of sp³-hybridized carbons (Fsp3) is 0.0667. The lowest BCUT2D eigenvalue weighted by Gasteiger charge is -2.07. The largest absolute Gasteiger partial charge is 0.478 e. The number of aryl methyl sites for hydroxylation is 1. The summed E-state index contributed by atoms with van der Waals surface area (Å²) in [6, 6.07) is 9.60. The average Bonchev–Trinajstić information content (AvgIpc) is 2.46. The van der Waals surface area contributed by atoms with Crippen LogP contribution in [0.1, 0.15) is 26.3 Å². The van der Waals surface area contributed by atoms with Gasteiger partial charge in [-0.1, -0.05) is 12.1 Å². The first-order valence-corrected chi connectivity index (χ1v) is 9.13. The van der Waals surface area contributed by atoms with Gasteiger partial charge >= 0.3 is 11.9 Å². The molecule has 2 aromatic carbocycles. The Kier molecular flexibility index (Phi) is 4.76. The van der Waals surface area contributed by atoms with Crippen molar-refractivity contribution in [1.29, 1.82) is 0 Å². The van der Waals surface area contributed by atoms with Gasteiger partial charge in [0.1, 0.15) is 0 Å².